The van der Waals surface area contributed by atoms with Crippen molar-refractivity contribution >= 4 is 11.0 Å². The molecule has 2 aromatic carbocycles. The van der Waals surface area contributed by atoms with Gasteiger partial charge in [0.25, 0.3) is 0 Å². The molecule has 0 N–H and O–H groups in total. The van der Waals surface area contributed by atoms with Crippen LogP contribution < -0.4 is 10.2 Å². The van der Waals surface area contributed by atoms with Gasteiger partial charge >= 0.3 is 0 Å². The summed E-state index contributed by atoms with van der Waals surface area (Å²) in [4.78, 5) is 12.8. The third kappa shape index (κ3) is 4.34. The Morgan fingerprint density at radius 3 is 2.62 bits per heavy atom. The lowest BCUT2D eigenvalue weighted by Gasteiger charge is -2.15. The molecule has 0 aliphatic rings. The molecule has 0 saturated heterocycles. The van der Waals surface area contributed by atoms with E-state index in [9.17, 15) is 4.79 Å². The lowest BCUT2D eigenvalue weighted by atomic mass is 10.1. The molecule has 136 valence electrons. The van der Waals surface area contributed by atoms with E-state index in [1.54, 1.807) is 6.07 Å². The number of fused-ring (bicyclic) bond motifs is 1. The summed E-state index contributed by atoms with van der Waals surface area (Å²) in [5, 5.41) is 0.578. The number of unbranched alkanes of at least 4 members (excludes halogenated alkanes) is 3. The Hall–Kier alpha value is -2.55. The van der Waals surface area contributed by atoms with Crippen LogP contribution in [0.3, 0.4) is 0 Å². The first-order valence-corrected chi connectivity index (χ1v) is 9.46. The van der Waals surface area contributed by atoms with Gasteiger partial charge in [-0.2, -0.15) is 0 Å². The quantitative estimate of drug-likeness (QED) is 0.454. The fourth-order valence-electron chi connectivity index (χ4n) is 3.15. The Morgan fingerprint density at radius 2 is 1.85 bits per heavy atom. The van der Waals surface area contributed by atoms with Crippen LogP contribution in [0.5, 0.6) is 5.75 Å². The zero-order valence-corrected chi connectivity index (χ0v) is 15.5. The van der Waals surface area contributed by atoms with Gasteiger partial charge in [0.05, 0.1) is 17.1 Å². The molecule has 3 rings (SSSR count). The van der Waals surface area contributed by atoms with E-state index < -0.39 is 0 Å². The van der Waals surface area contributed by atoms with Crippen LogP contribution in [-0.4, -0.2) is 6.10 Å². The highest BCUT2D eigenvalue weighted by atomic mass is 16.5. The SMILES string of the molecule is CCCCCCC(C)Oc1ccc2c(=O)c(-c3ccccc3)coc2c1. The molecule has 0 aliphatic carbocycles. The van der Waals surface area contributed by atoms with Crippen LogP contribution in [0.15, 0.2) is 64.0 Å². The first kappa shape index (κ1) is 18.2. The predicted octanol–water partition coefficient (Wildman–Crippen LogP) is 6.20. The molecule has 1 heterocycles. The second kappa shape index (κ2) is 8.70. The first-order chi connectivity index (χ1) is 12.7. The molecule has 0 radical (unpaired) electrons. The molecular formula is C23H26O3. The minimum Gasteiger partial charge on any atom is -0.491 e. The highest BCUT2D eigenvalue weighted by molar-refractivity contribution is 5.82. The second-order valence-corrected chi connectivity index (χ2v) is 6.78. The highest BCUT2D eigenvalue weighted by Gasteiger charge is 2.11. The molecule has 0 spiro atoms. The molecule has 0 saturated carbocycles. The Balaban J connectivity index is 1.77. The summed E-state index contributed by atoms with van der Waals surface area (Å²) in [7, 11) is 0. The molecule has 1 atom stereocenters. The Morgan fingerprint density at radius 1 is 1.04 bits per heavy atom. The normalized spacial score (nSPS) is 12.2. The van der Waals surface area contributed by atoms with Gasteiger partial charge in [0.2, 0.25) is 0 Å². The summed E-state index contributed by atoms with van der Waals surface area (Å²) in [6.45, 7) is 4.30. The minimum atomic E-state index is -0.0170. The van der Waals surface area contributed by atoms with Gasteiger partial charge in [0.1, 0.15) is 17.6 Å². The van der Waals surface area contributed by atoms with E-state index in [1.165, 1.54) is 31.9 Å². The zero-order valence-electron chi connectivity index (χ0n) is 15.5. The molecule has 3 nitrogen and oxygen atoms in total. The summed E-state index contributed by atoms with van der Waals surface area (Å²) < 4.78 is 11.7. The van der Waals surface area contributed by atoms with Crippen LogP contribution in [0.1, 0.15) is 46.0 Å². The third-order valence-corrected chi connectivity index (χ3v) is 4.63. The van der Waals surface area contributed by atoms with Gasteiger partial charge in [-0.15, -0.1) is 0 Å². The fourth-order valence-corrected chi connectivity index (χ4v) is 3.15. The van der Waals surface area contributed by atoms with E-state index in [1.807, 2.05) is 42.5 Å². The average molecular weight is 350 g/mol. The van der Waals surface area contributed by atoms with E-state index in [0.717, 1.165) is 17.7 Å². The molecule has 26 heavy (non-hydrogen) atoms. The standard InChI is InChI=1S/C23H26O3/c1-3-4-5-7-10-17(2)26-19-13-14-20-22(15-19)25-16-21(23(20)24)18-11-8-6-9-12-18/h6,8-9,11-17H,3-5,7,10H2,1-2H3. The maximum atomic E-state index is 12.8. The number of benzene rings is 2. The van der Waals surface area contributed by atoms with E-state index in [-0.39, 0.29) is 11.5 Å². The maximum Gasteiger partial charge on any atom is 0.200 e. The smallest absolute Gasteiger partial charge is 0.200 e. The van der Waals surface area contributed by atoms with Crippen molar-refractivity contribution in [3.8, 4) is 16.9 Å². The van der Waals surface area contributed by atoms with Gasteiger partial charge in [-0.3, -0.25) is 4.79 Å². The second-order valence-electron chi connectivity index (χ2n) is 6.78. The average Bonchev–Trinajstić information content (AvgIpc) is 2.66. The van der Waals surface area contributed by atoms with Crippen LogP contribution in [0.2, 0.25) is 0 Å². The molecule has 3 heteroatoms. The molecule has 1 unspecified atom stereocenters. The van der Waals surface area contributed by atoms with Gasteiger partial charge in [0.15, 0.2) is 5.43 Å². The van der Waals surface area contributed by atoms with Gasteiger partial charge in [0, 0.05) is 6.07 Å². The monoisotopic (exact) mass is 350 g/mol. The molecule has 1 aromatic heterocycles. The van der Waals surface area contributed by atoms with Gasteiger partial charge in [-0.25, -0.2) is 0 Å². The molecule has 3 aromatic rings. The number of hydrogen-bond donors (Lipinski definition) is 0. The number of rotatable bonds is 8. The van der Waals surface area contributed by atoms with E-state index >= 15 is 0 Å². The van der Waals surface area contributed by atoms with Gasteiger partial charge in [-0.05, 0) is 37.5 Å². The zero-order chi connectivity index (χ0) is 18.4. The lowest BCUT2D eigenvalue weighted by molar-refractivity contribution is 0.206. The van der Waals surface area contributed by atoms with Crippen LogP contribution >= 0.6 is 0 Å². The highest BCUT2D eigenvalue weighted by Crippen LogP contribution is 2.24. The van der Waals surface area contributed by atoms with Crippen molar-refractivity contribution in [2.24, 2.45) is 0 Å². The van der Waals surface area contributed by atoms with Crippen LogP contribution in [0.25, 0.3) is 22.1 Å². The van der Waals surface area contributed by atoms with E-state index in [4.69, 9.17) is 9.15 Å². The summed E-state index contributed by atoms with van der Waals surface area (Å²) in [6.07, 6.45) is 7.67. The van der Waals surface area contributed by atoms with Crippen molar-refractivity contribution < 1.29 is 9.15 Å². The van der Waals surface area contributed by atoms with Crippen molar-refractivity contribution in [1.82, 2.24) is 0 Å². The summed E-state index contributed by atoms with van der Waals surface area (Å²) in [5.74, 6) is 0.746. The van der Waals surface area contributed by atoms with Crippen molar-refractivity contribution in [3.63, 3.8) is 0 Å². The van der Waals surface area contributed by atoms with Crippen molar-refractivity contribution in [3.05, 3.63) is 65.0 Å². The number of ether oxygens (including phenoxy) is 1. The molecule has 0 bridgehead atoms. The first-order valence-electron chi connectivity index (χ1n) is 9.46. The maximum absolute atomic E-state index is 12.8. The molecule has 0 amide bonds. The van der Waals surface area contributed by atoms with E-state index in [0.29, 0.717) is 16.5 Å². The van der Waals surface area contributed by atoms with Gasteiger partial charge < -0.3 is 9.15 Å². The van der Waals surface area contributed by atoms with Crippen molar-refractivity contribution in [1.29, 1.82) is 0 Å². The minimum absolute atomic E-state index is 0.0170. The van der Waals surface area contributed by atoms with Crippen LogP contribution in [-0.2, 0) is 0 Å². The summed E-state index contributed by atoms with van der Waals surface area (Å²) in [5.41, 5.74) is 1.99. The van der Waals surface area contributed by atoms with E-state index in [2.05, 4.69) is 13.8 Å². The Labute approximate surface area is 154 Å². The van der Waals surface area contributed by atoms with Crippen molar-refractivity contribution in [2.75, 3.05) is 0 Å². The summed E-state index contributed by atoms with van der Waals surface area (Å²) >= 11 is 0. The lowest BCUT2D eigenvalue weighted by Crippen LogP contribution is -2.12. The molecular weight excluding hydrogens is 324 g/mol. The topological polar surface area (TPSA) is 39.4 Å². The Bertz CT molecular complexity index is 896. The third-order valence-electron chi connectivity index (χ3n) is 4.63. The van der Waals surface area contributed by atoms with Crippen LogP contribution in [0, 0.1) is 0 Å². The summed E-state index contributed by atoms with van der Waals surface area (Å²) in [6, 6.07) is 15.1. The van der Waals surface area contributed by atoms with Crippen molar-refractivity contribution in [2.45, 2.75) is 52.1 Å². The van der Waals surface area contributed by atoms with Gasteiger partial charge in [-0.1, -0.05) is 56.5 Å². The Kier molecular flexibility index (Phi) is 6.11. The van der Waals surface area contributed by atoms with Crippen LogP contribution in [0.4, 0.5) is 0 Å². The molecule has 0 fully saturated rings. The molecule has 0 aliphatic heterocycles. The predicted molar refractivity (Wildman–Crippen MR) is 107 cm³/mol. The fraction of sp³-hybridized carbons (Fsp3) is 0.348. The largest absolute Gasteiger partial charge is 0.491 e. The number of hydrogen-bond acceptors (Lipinski definition) is 3.